The molecule has 12 heavy (non-hydrogen) atoms. The van der Waals surface area contributed by atoms with Crippen LogP contribution in [0.2, 0.25) is 0 Å². The van der Waals surface area contributed by atoms with E-state index in [2.05, 4.69) is 4.98 Å². The predicted octanol–water partition coefficient (Wildman–Crippen LogP) is 1.14. The third-order valence-corrected chi connectivity index (χ3v) is 1.42. The Hall–Kier alpha value is -1.72. The molecule has 0 bridgehead atoms. The van der Waals surface area contributed by atoms with Gasteiger partial charge in [0, 0.05) is 0 Å². The van der Waals surface area contributed by atoms with E-state index in [0.29, 0.717) is 0 Å². The van der Waals surface area contributed by atoms with Crippen molar-refractivity contribution in [1.29, 1.82) is 0 Å². The van der Waals surface area contributed by atoms with E-state index >= 15 is 0 Å². The van der Waals surface area contributed by atoms with Crippen molar-refractivity contribution >= 4 is 5.69 Å². The van der Waals surface area contributed by atoms with Crippen molar-refractivity contribution in [3.63, 3.8) is 0 Å². The third kappa shape index (κ3) is 1.18. The number of pyridine rings is 1. The lowest BCUT2D eigenvalue weighted by Gasteiger charge is -1.98. The second-order valence-electron chi connectivity index (χ2n) is 2.16. The molecule has 0 fully saturated rings. The maximum Gasteiger partial charge on any atom is 0.293 e. The first kappa shape index (κ1) is 8.38. The number of nitro groups is 1. The number of hydrogen-bond acceptors (Lipinski definition) is 4. The fourth-order valence-electron chi connectivity index (χ4n) is 0.740. The van der Waals surface area contributed by atoms with Crippen molar-refractivity contribution in [3.8, 4) is 5.88 Å². The minimum Gasteiger partial charge on any atom is -0.491 e. The molecule has 0 amide bonds. The molecule has 0 aliphatic carbocycles. The molecule has 1 rings (SSSR count). The normalized spacial score (nSPS) is 9.83. The molecule has 1 N–H and O–H groups in total. The van der Waals surface area contributed by atoms with E-state index in [4.69, 9.17) is 5.11 Å². The highest BCUT2D eigenvalue weighted by Gasteiger charge is 2.17. The van der Waals surface area contributed by atoms with Crippen LogP contribution in [0.5, 0.6) is 5.88 Å². The van der Waals surface area contributed by atoms with Gasteiger partial charge in [-0.05, 0) is 6.92 Å². The van der Waals surface area contributed by atoms with E-state index in [1.54, 1.807) is 0 Å². The highest BCUT2D eigenvalue weighted by atomic mass is 19.1. The van der Waals surface area contributed by atoms with E-state index in [-0.39, 0.29) is 5.56 Å². The van der Waals surface area contributed by atoms with Crippen LogP contribution in [0.4, 0.5) is 10.1 Å². The zero-order valence-corrected chi connectivity index (χ0v) is 6.11. The van der Waals surface area contributed by atoms with Crippen molar-refractivity contribution in [2.75, 3.05) is 0 Å². The zero-order chi connectivity index (χ0) is 9.30. The van der Waals surface area contributed by atoms with Gasteiger partial charge in [-0.1, -0.05) is 0 Å². The smallest absolute Gasteiger partial charge is 0.293 e. The van der Waals surface area contributed by atoms with Crippen LogP contribution < -0.4 is 0 Å². The SMILES string of the molecule is Cc1c([N+](=O)[O-])cnc(O)c1F. The first-order chi connectivity index (χ1) is 5.54. The van der Waals surface area contributed by atoms with Crippen molar-refractivity contribution in [2.45, 2.75) is 6.92 Å². The molecular formula is C6H5FN2O3. The molecule has 0 spiro atoms. The second-order valence-corrected chi connectivity index (χ2v) is 2.16. The van der Waals surface area contributed by atoms with Crippen LogP contribution in [0.25, 0.3) is 0 Å². The number of rotatable bonds is 1. The standard InChI is InChI=1S/C6H5FN2O3/c1-3-4(9(11)12)2-8-6(10)5(3)7/h2H,1H3,(H,8,10). The summed E-state index contributed by atoms with van der Waals surface area (Å²) in [4.78, 5) is 12.5. The molecule has 5 nitrogen and oxygen atoms in total. The Morgan fingerprint density at radius 2 is 2.33 bits per heavy atom. The highest BCUT2D eigenvalue weighted by Crippen LogP contribution is 2.23. The minimum absolute atomic E-state index is 0.215. The summed E-state index contributed by atoms with van der Waals surface area (Å²) in [6, 6.07) is 0. The van der Waals surface area contributed by atoms with Gasteiger partial charge in [-0.3, -0.25) is 10.1 Å². The van der Waals surface area contributed by atoms with Crippen molar-refractivity contribution in [1.82, 2.24) is 4.98 Å². The largest absolute Gasteiger partial charge is 0.491 e. The van der Waals surface area contributed by atoms with Crippen molar-refractivity contribution in [3.05, 3.63) is 27.7 Å². The molecule has 0 unspecified atom stereocenters. The van der Waals surface area contributed by atoms with E-state index in [1.165, 1.54) is 6.92 Å². The Morgan fingerprint density at radius 3 is 2.83 bits per heavy atom. The Balaban J connectivity index is 3.36. The van der Waals surface area contributed by atoms with Gasteiger partial charge in [0.1, 0.15) is 6.20 Å². The van der Waals surface area contributed by atoms with Gasteiger partial charge in [0.2, 0.25) is 5.88 Å². The molecule has 1 aromatic rings. The molecule has 0 atom stereocenters. The molecular weight excluding hydrogens is 167 g/mol. The minimum atomic E-state index is -1.05. The van der Waals surface area contributed by atoms with Gasteiger partial charge in [-0.2, -0.15) is 0 Å². The summed E-state index contributed by atoms with van der Waals surface area (Å²) in [6.07, 6.45) is 0.813. The summed E-state index contributed by atoms with van der Waals surface area (Å²) in [5, 5.41) is 18.9. The summed E-state index contributed by atoms with van der Waals surface area (Å²) < 4.78 is 12.7. The van der Waals surface area contributed by atoms with E-state index in [9.17, 15) is 14.5 Å². The molecule has 6 heteroatoms. The van der Waals surface area contributed by atoms with Crippen LogP contribution in [-0.2, 0) is 0 Å². The summed E-state index contributed by atoms with van der Waals surface area (Å²) in [5.41, 5.74) is -0.655. The lowest BCUT2D eigenvalue weighted by molar-refractivity contribution is -0.385. The monoisotopic (exact) mass is 172 g/mol. The fourth-order valence-corrected chi connectivity index (χ4v) is 0.740. The summed E-state index contributed by atoms with van der Waals surface area (Å²) in [5.74, 6) is -1.87. The molecule has 1 aromatic heterocycles. The number of aromatic hydroxyl groups is 1. The van der Waals surface area contributed by atoms with Crippen molar-refractivity contribution < 1.29 is 14.4 Å². The quantitative estimate of drug-likeness (QED) is 0.509. The van der Waals surface area contributed by atoms with Crippen LogP contribution in [-0.4, -0.2) is 15.0 Å². The third-order valence-electron chi connectivity index (χ3n) is 1.42. The summed E-state index contributed by atoms with van der Waals surface area (Å²) in [6.45, 7) is 1.20. The lowest BCUT2D eigenvalue weighted by atomic mass is 10.2. The Kier molecular flexibility index (Phi) is 1.90. The first-order valence-corrected chi connectivity index (χ1v) is 3.02. The van der Waals surface area contributed by atoms with Gasteiger partial charge in [0.25, 0.3) is 5.69 Å². The molecule has 1 heterocycles. The van der Waals surface area contributed by atoms with Crippen LogP contribution in [0.3, 0.4) is 0 Å². The Bertz CT molecular complexity index is 340. The van der Waals surface area contributed by atoms with Crippen LogP contribution in [0.15, 0.2) is 6.20 Å². The summed E-state index contributed by atoms with van der Waals surface area (Å²) >= 11 is 0. The average Bonchev–Trinajstić information content (AvgIpc) is 2.00. The lowest BCUT2D eigenvalue weighted by Crippen LogP contribution is -1.96. The van der Waals surface area contributed by atoms with Crippen LogP contribution in [0.1, 0.15) is 5.56 Å². The predicted molar refractivity (Wildman–Crippen MR) is 37.3 cm³/mol. The maximum atomic E-state index is 12.7. The highest BCUT2D eigenvalue weighted by molar-refractivity contribution is 5.40. The van der Waals surface area contributed by atoms with Crippen LogP contribution in [0, 0.1) is 22.9 Å². The molecule has 0 aliphatic heterocycles. The van der Waals surface area contributed by atoms with Gasteiger partial charge in [0.05, 0.1) is 10.5 Å². The molecule has 0 saturated carbocycles. The molecule has 0 saturated heterocycles. The first-order valence-electron chi connectivity index (χ1n) is 3.02. The number of hydrogen-bond donors (Lipinski definition) is 1. The number of halogens is 1. The Labute approximate surface area is 66.6 Å². The van der Waals surface area contributed by atoms with Gasteiger partial charge in [-0.25, -0.2) is 9.37 Å². The fraction of sp³-hybridized carbons (Fsp3) is 0.167. The van der Waals surface area contributed by atoms with E-state index < -0.39 is 22.3 Å². The van der Waals surface area contributed by atoms with Gasteiger partial charge in [0.15, 0.2) is 5.82 Å². The number of nitrogens with zero attached hydrogens (tertiary/aromatic N) is 2. The van der Waals surface area contributed by atoms with E-state index in [1.807, 2.05) is 0 Å². The Morgan fingerprint density at radius 1 is 1.75 bits per heavy atom. The molecule has 0 radical (unpaired) electrons. The zero-order valence-electron chi connectivity index (χ0n) is 6.11. The molecule has 0 aromatic carbocycles. The van der Waals surface area contributed by atoms with Gasteiger partial charge in [-0.15, -0.1) is 0 Å². The molecule has 64 valence electrons. The van der Waals surface area contributed by atoms with Crippen LogP contribution >= 0.6 is 0 Å². The van der Waals surface area contributed by atoms with Crippen molar-refractivity contribution in [2.24, 2.45) is 0 Å². The van der Waals surface area contributed by atoms with Gasteiger partial charge < -0.3 is 5.11 Å². The molecule has 0 aliphatic rings. The van der Waals surface area contributed by atoms with Gasteiger partial charge >= 0.3 is 0 Å². The number of aromatic nitrogens is 1. The summed E-state index contributed by atoms with van der Waals surface area (Å²) in [7, 11) is 0. The topological polar surface area (TPSA) is 76.3 Å². The van der Waals surface area contributed by atoms with E-state index in [0.717, 1.165) is 6.20 Å². The second kappa shape index (κ2) is 2.72. The average molecular weight is 172 g/mol. The maximum absolute atomic E-state index is 12.7.